The highest BCUT2D eigenvalue weighted by molar-refractivity contribution is 5.18. The normalized spacial score (nSPS) is 26.4. The lowest BCUT2D eigenvalue weighted by Gasteiger charge is -2.30. The van der Waals surface area contributed by atoms with Crippen molar-refractivity contribution in [2.45, 2.75) is 38.3 Å². The molecule has 0 bridgehead atoms. The SMILES string of the molecule is CCCC1CC(c2ccccc2)OC1(OC)OC. The van der Waals surface area contributed by atoms with Crippen LogP contribution in [0.1, 0.15) is 37.9 Å². The Balaban J connectivity index is 2.19. The Bertz CT molecular complexity index is 359. The van der Waals surface area contributed by atoms with E-state index in [0.717, 1.165) is 19.3 Å². The van der Waals surface area contributed by atoms with Gasteiger partial charge in [-0.15, -0.1) is 0 Å². The number of ether oxygens (including phenoxy) is 3. The van der Waals surface area contributed by atoms with Crippen LogP contribution in [0.5, 0.6) is 0 Å². The second-order valence-corrected chi connectivity index (χ2v) is 4.75. The van der Waals surface area contributed by atoms with Crippen molar-refractivity contribution in [3.8, 4) is 0 Å². The molecule has 0 radical (unpaired) electrons. The maximum atomic E-state index is 6.05. The molecule has 0 aliphatic carbocycles. The van der Waals surface area contributed by atoms with Gasteiger partial charge in [-0.3, -0.25) is 0 Å². The van der Waals surface area contributed by atoms with Crippen molar-refractivity contribution in [1.82, 2.24) is 0 Å². The Hall–Kier alpha value is -0.900. The highest BCUT2D eigenvalue weighted by atomic mass is 16.9. The first-order valence-electron chi connectivity index (χ1n) is 6.58. The van der Waals surface area contributed by atoms with Crippen LogP contribution in [-0.2, 0) is 14.2 Å². The summed E-state index contributed by atoms with van der Waals surface area (Å²) in [6.07, 6.45) is 3.15. The molecule has 1 aliphatic rings. The third-order valence-electron chi connectivity index (χ3n) is 3.68. The smallest absolute Gasteiger partial charge is 0.286 e. The largest absolute Gasteiger partial charge is 0.331 e. The van der Waals surface area contributed by atoms with Crippen LogP contribution in [0.15, 0.2) is 30.3 Å². The summed E-state index contributed by atoms with van der Waals surface area (Å²) in [5.74, 6) is -0.598. The molecule has 0 saturated carbocycles. The van der Waals surface area contributed by atoms with Gasteiger partial charge in [-0.1, -0.05) is 43.7 Å². The number of methoxy groups -OCH3 is 2. The zero-order valence-electron chi connectivity index (χ0n) is 11.4. The van der Waals surface area contributed by atoms with Crippen LogP contribution in [0.2, 0.25) is 0 Å². The van der Waals surface area contributed by atoms with Gasteiger partial charge >= 0.3 is 0 Å². The summed E-state index contributed by atoms with van der Waals surface area (Å²) >= 11 is 0. The summed E-state index contributed by atoms with van der Waals surface area (Å²) in [5, 5.41) is 0. The van der Waals surface area contributed by atoms with E-state index in [1.165, 1.54) is 5.56 Å². The van der Waals surface area contributed by atoms with Crippen LogP contribution in [0.3, 0.4) is 0 Å². The summed E-state index contributed by atoms with van der Waals surface area (Å²) < 4.78 is 17.1. The van der Waals surface area contributed by atoms with E-state index in [-0.39, 0.29) is 12.0 Å². The first-order chi connectivity index (χ1) is 8.75. The molecule has 2 rings (SSSR count). The summed E-state index contributed by atoms with van der Waals surface area (Å²) in [4.78, 5) is 0. The van der Waals surface area contributed by atoms with Crippen LogP contribution in [-0.4, -0.2) is 20.2 Å². The molecule has 0 spiro atoms. The number of rotatable bonds is 5. The average molecular weight is 250 g/mol. The molecular weight excluding hydrogens is 228 g/mol. The van der Waals surface area contributed by atoms with Gasteiger partial charge in [-0.25, -0.2) is 0 Å². The fourth-order valence-electron chi connectivity index (χ4n) is 2.77. The molecule has 1 fully saturated rings. The van der Waals surface area contributed by atoms with E-state index >= 15 is 0 Å². The van der Waals surface area contributed by atoms with E-state index < -0.39 is 5.97 Å². The number of hydrogen-bond donors (Lipinski definition) is 0. The van der Waals surface area contributed by atoms with Gasteiger partial charge in [0.25, 0.3) is 5.97 Å². The summed E-state index contributed by atoms with van der Waals surface area (Å²) in [5.41, 5.74) is 1.19. The third-order valence-corrected chi connectivity index (χ3v) is 3.68. The molecule has 18 heavy (non-hydrogen) atoms. The Kier molecular flexibility index (Phi) is 4.38. The molecular formula is C15H22O3. The highest BCUT2D eigenvalue weighted by Crippen LogP contribution is 2.46. The first kappa shape index (κ1) is 13.5. The lowest BCUT2D eigenvalue weighted by Crippen LogP contribution is -2.39. The lowest BCUT2D eigenvalue weighted by molar-refractivity contribution is -0.370. The van der Waals surface area contributed by atoms with E-state index in [1.807, 2.05) is 18.2 Å². The average Bonchev–Trinajstić information content (AvgIpc) is 2.80. The highest BCUT2D eigenvalue weighted by Gasteiger charge is 2.49. The van der Waals surface area contributed by atoms with Crippen molar-refractivity contribution >= 4 is 0 Å². The quantitative estimate of drug-likeness (QED) is 0.748. The van der Waals surface area contributed by atoms with Crippen molar-refractivity contribution < 1.29 is 14.2 Å². The molecule has 3 nitrogen and oxygen atoms in total. The third kappa shape index (κ3) is 2.44. The second kappa shape index (κ2) is 5.83. The van der Waals surface area contributed by atoms with Crippen molar-refractivity contribution in [2.75, 3.05) is 14.2 Å². The van der Waals surface area contributed by atoms with Crippen molar-refractivity contribution in [3.05, 3.63) is 35.9 Å². The predicted molar refractivity (Wildman–Crippen MR) is 70.0 cm³/mol. The van der Waals surface area contributed by atoms with Crippen molar-refractivity contribution in [3.63, 3.8) is 0 Å². The Morgan fingerprint density at radius 1 is 1.22 bits per heavy atom. The minimum Gasteiger partial charge on any atom is -0.331 e. The van der Waals surface area contributed by atoms with E-state index in [2.05, 4.69) is 19.1 Å². The standard InChI is InChI=1S/C15H22O3/c1-4-8-13-11-14(12-9-6-5-7-10-12)18-15(13,16-2)17-3/h5-7,9-10,13-14H,4,8,11H2,1-3H3. The van der Waals surface area contributed by atoms with Gasteiger partial charge in [0.2, 0.25) is 0 Å². The maximum Gasteiger partial charge on any atom is 0.286 e. The number of benzene rings is 1. The van der Waals surface area contributed by atoms with Gasteiger partial charge in [0, 0.05) is 20.1 Å². The topological polar surface area (TPSA) is 27.7 Å². The maximum absolute atomic E-state index is 6.05. The molecule has 100 valence electrons. The summed E-state index contributed by atoms with van der Waals surface area (Å²) in [7, 11) is 3.30. The van der Waals surface area contributed by atoms with E-state index in [9.17, 15) is 0 Å². The van der Waals surface area contributed by atoms with Crippen LogP contribution in [0, 0.1) is 5.92 Å². The van der Waals surface area contributed by atoms with Crippen LogP contribution >= 0.6 is 0 Å². The van der Waals surface area contributed by atoms with Crippen LogP contribution < -0.4 is 0 Å². The molecule has 1 aliphatic heterocycles. The molecule has 2 unspecified atom stereocenters. The fraction of sp³-hybridized carbons (Fsp3) is 0.600. The lowest BCUT2D eigenvalue weighted by atomic mass is 9.94. The first-order valence-corrected chi connectivity index (χ1v) is 6.58. The van der Waals surface area contributed by atoms with Gasteiger partial charge in [0.1, 0.15) is 0 Å². The molecule has 0 aromatic heterocycles. The van der Waals surface area contributed by atoms with E-state index in [4.69, 9.17) is 14.2 Å². The molecule has 0 amide bonds. The van der Waals surface area contributed by atoms with E-state index in [0.29, 0.717) is 0 Å². The molecule has 1 aromatic carbocycles. The number of hydrogen-bond acceptors (Lipinski definition) is 3. The molecule has 1 saturated heterocycles. The van der Waals surface area contributed by atoms with Gasteiger partial charge < -0.3 is 14.2 Å². The van der Waals surface area contributed by atoms with Gasteiger partial charge in [0.05, 0.1) is 6.10 Å². The van der Waals surface area contributed by atoms with Gasteiger partial charge in [-0.2, -0.15) is 0 Å². The Morgan fingerprint density at radius 3 is 2.44 bits per heavy atom. The van der Waals surface area contributed by atoms with E-state index in [1.54, 1.807) is 14.2 Å². The summed E-state index contributed by atoms with van der Waals surface area (Å²) in [6.45, 7) is 2.17. The fourth-order valence-corrected chi connectivity index (χ4v) is 2.77. The Labute approximate surface area is 109 Å². The molecule has 0 N–H and O–H groups in total. The Morgan fingerprint density at radius 2 is 1.89 bits per heavy atom. The zero-order chi connectivity index (χ0) is 13.0. The van der Waals surface area contributed by atoms with Gasteiger partial charge in [-0.05, 0) is 18.4 Å². The molecule has 1 aromatic rings. The molecule has 1 heterocycles. The van der Waals surface area contributed by atoms with Crippen molar-refractivity contribution in [2.24, 2.45) is 5.92 Å². The summed E-state index contributed by atoms with van der Waals surface area (Å²) in [6, 6.07) is 10.3. The van der Waals surface area contributed by atoms with Crippen LogP contribution in [0.4, 0.5) is 0 Å². The minimum absolute atomic E-state index is 0.0580. The monoisotopic (exact) mass is 250 g/mol. The second-order valence-electron chi connectivity index (χ2n) is 4.75. The minimum atomic E-state index is -0.878. The predicted octanol–water partition coefficient (Wildman–Crippen LogP) is 3.51. The molecule has 3 heteroatoms. The van der Waals surface area contributed by atoms with Gasteiger partial charge in [0.15, 0.2) is 0 Å². The van der Waals surface area contributed by atoms with Crippen LogP contribution in [0.25, 0.3) is 0 Å². The molecule has 2 atom stereocenters. The zero-order valence-corrected chi connectivity index (χ0v) is 11.4. The van der Waals surface area contributed by atoms with Crippen molar-refractivity contribution in [1.29, 1.82) is 0 Å².